The second-order valence-corrected chi connectivity index (χ2v) is 3.30. The lowest BCUT2D eigenvalue weighted by Crippen LogP contribution is -1.96. The minimum atomic E-state index is -0.0503. The van der Waals surface area contributed by atoms with Crippen LogP contribution in [0.1, 0.15) is 30.9 Å². The molecule has 0 heterocycles. The second-order valence-electron chi connectivity index (χ2n) is 3.30. The van der Waals surface area contributed by atoms with Crippen LogP contribution in [-0.4, -0.2) is 6.61 Å². The summed E-state index contributed by atoms with van der Waals surface area (Å²) in [6, 6.07) is 8.09. The van der Waals surface area contributed by atoms with E-state index in [0.29, 0.717) is 6.61 Å². The van der Waals surface area contributed by atoms with Gasteiger partial charge in [-0.15, -0.1) is 0 Å². The molecule has 2 heteroatoms. The molecule has 0 aliphatic heterocycles. The third-order valence-corrected chi connectivity index (χ3v) is 2.21. The van der Waals surface area contributed by atoms with Crippen molar-refractivity contribution in [2.75, 3.05) is 6.61 Å². The molecule has 0 fully saturated rings. The number of benzene rings is 1. The van der Waals surface area contributed by atoms with Gasteiger partial charge in [0.1, 0.15) is 5.75 Å². The third kappa shape index (κ3) is 2.26. The van der Waals surface area contributed by atoms with Gasteiger partial charge in [0, 0.05) is 0 Å². The molecule has 0 spiro atoms. The highest BCUT2D eigenvalue weighted by Gasteiger charge is 2.07. The SMILES string of the molecule is CCOc1ccc(C(C)C#N)c(C)c1. The summed E-state index contributed by atoms with van der Waals surface area (Å²) in [5.41, 5.74) is 2.20. The van der Waals surface area contributed by atoms with Gasteiger partial charge in [-0.05, 0) is 44.0 Å². The lowest BCUT2D eigenvalue weighted by Gasteiger charge is -2.09. The zero-order valence-corrected chi connectivity index (χ0v) is 8.87. The van der Waals surface area contributed by atoms with Gasteiger partial charge in [0.05, 0.1) is 18.6 Å². The Bertz CT molecular complexity index is 352. The van der Waals surface area contributed by atoms with Crippen LogP contribution in [0.5, 0.6) is 5.75 Å². The van der Waals surface area contributed by atoms with Gasteiger partial charge in [0.2, 0.25) is 0 Å². The summed E-state index contributed by atoms with van der Waals surface area (Å²) >= 11 is 0. The highest BCUT2D eigenvalue weighted by molar-refractivity contribution is 5.38. The molecule has 1 aromatic rings. The van der Waals surface area contributed by atoms with Crippen molar-refractivity contribution in [3.63, 3.8) is 0 Å². The fourth-order valence-electron chi connectivity index (χ4n) is 1.46. The summed E-state index contributed by atoms with van der Waals surface area (Å²) in [6.45, 7) is 6.54. The van der Waals surface area contributed by atoms with E-state index >= 15 is 0 Å². The van der Waals surface area contributed by atoms with Crippen molar-refractivity contribution < 1.29 is 4.74 Å². The minimum Gasteiger partial charge on any atom is -0.494 e. The van der Waals surface area contributed by atoms with Crippen LogP contribution in [0.4, 0.5) is 0 Å². The molecule has 0 aliphatic carbocycles. The third-order valence-electron chi connectivity index (χ3n) is 2.21. The van der Waals surface area contributed by atoms with Crippen molar-refractivity contribution in [3.05, 3.63) is 29.3 Å². The van der Waals surface area contributed by atoms with Gasteiger partial charge in [-0.25, -0.2) is 0 Å². The second kappa shape index (κ2) is 4.66. The lowest BCUT2D eigenvalue weighted by atomic mass is 9.97. The first-order valence-corrected chi connectivity index (χ1v) is 4.82. The summed E-state index contributed by atoms with van der Waals surface area (Å²) < 4.78 is 5.37. The van der Waals surface area contributed by atoms with Gasteiger partial charge in [-0.3, -0.25) is 0 Å². The molecule has 0 bridgehead atoms. The molecule has 1 atom stereocenters. The first kappa shape index (κ1) is 10.6. The Morgan fingerprint density at radius 3 is 2.71 bits per heavy atom. The maximum Gasteiger partial charge on any atom is 0.119 e. The number of rotatable bonds is 3. The van der Waals surface area contributed by atoms with Gasteiger partial charge in [-0.1, -0.05) is 6.07 Å². The van der Waals surface area contributed by atoms with Crippen molar-refractivity contribution in [3.8, 4) is 11.8 Å². The molecule has 0 aromatic heterocycles. The highest BCUT2D eigenvalue weighted by Crippen LogP contribution is 2.23. The maximum absolute atomic E-state index is 8.80. The molecular formula is C12H15NO. The largest absolute Gasteiger partial charge is 0.494 e. The van der Waals surface area contributed by atoms with Crippen molar-refractivity contribution in [1.29, 1.82) is 5.26 Å². The van der Waals surface area contributed by atoms with E-state index < -0.39 is 0 Å². The molecule has 0 saturated heterocycles. The molecule has 1 unspecified atom stereocenters. The Hall–Kier alpha value is -1.49. The number of hydrogen-bond acceptors (Lipinski definition) is 2. The van der Waals surface area contributed by atoms with E-state index in [-0.39, 0.29) is 5.92 Å². The van der Waals surface area contributed by atoms with E-state index in [1.54, 1.807) is 0 Å². The number of hydrogen-bond donors (Lipinski definition) is 0. The van der Waals surface area contributed by atoms with Crippen LogP contribution >= 0.6 is 0 Å². The van der Waals surface area contributed by atoms with E-state index in [2.05, 4.69) is 6.07 Å². The number of nitrogens with zero attached hydrogens (tertiary/aromatic N) is 1. The molecule has 1 rings (SSSR count). The quantitative estimate of drug-likeness (QED) is 0.732. The maximum atomic E-state index is 8.80. The van der Waals surface area contributed by atoms with Crippen LogP contribution < -0.4 is 4.74 Å². The standard InChI is InChI=1S/C12H15NO/c1-4-14-11-5-6-12(9(2)7-11)10(3)8-13/h5-7,10H,4H2,1-3H3. The van der Waals surface area contributed by atoms with Gasteiger partial charge in [0.15, 0.2) is 0 Å². The predicted octanol–water partition coefficient (Wildman–Crippen LogP) is 3.02. The Labute approximate surface area is 85.1 Å². The molecule has 0 amide bonds. The van der Waals surface area contributed by atoms with Crippen molar-refractivity contribution in [2.24, 2.45) is 0 Å². The number of aryl methyl sites for hydroxylation is 1. The topological polar surface area (TPSA) is 33.0 Å². The first-order valence-electron chi connectivity index (χ1n) is 4.82. The zero-order valence-electron chi connectivity index (χ0n) is 8.87. The molecule has 0 radical (unpaired) electrons. The monoisotopic (exact) mass is 189 g/mol. The van der Waals surface area contributed by atoms with Crippen molar-refractivity contribution in [2.45, 2.75) is 26.7 Å². The first-order chi connectivity index (χ1) is 6.69. The highest BCUT2D eigenvalue weighted by atomic mass is 16.5. The van der Waals surface area contributed by atoms with Crippen LogP contribution in [0.15, 0.2) is 18.2 Å². The van der Waals surface area contributed by atoms with E-state index in [4.69, 9.17) is 10.00 Å². The average molecular weight is 189 g/mol. The zero-order chi connectivity index (χ0) is 10.6. The van der Waals surface area contributed by atoms with Gasteiger partial charge in [-0.2, -0.15) is 5.26 Å². The van der Waals surface area contributed by atoms with Crippen LogP contribution in [0, 0.1) is 18.3 Å². The van der Waals surface area contributed by atoms with E-state index in [9.17, 15) is 0 Å². The number of nitriles is 1. The molecule has 0 N–H and O–H groups in total. The van der Waals surface area contributed by atoms with Crippen molar-refractivity contribution >= 4 is 0 Å². The molecule has 2 nitrogen and oxygen atoms in total. The smallest absolute Gasteiger partial charge is 0.119 e. The summed E-state index contributed by atoms with van der Waals surface area (Å²) in [5, 5.41) is 8.80. The van der Waals surface area contributed by atoms with Crippen LogP contribution in [0.25, 0.3) is 0 Å². The Kier molecular flexibility index (Phi) is 3.53. The Morgan fingerprint density at radius 2 is 2.21 bits per heavy atom. The molecule has 14 heavy (non-hydrogen) atoms. The fourth-order valence-corrected chi connectivity index (χ4v) is 1.46. The van der Waals surface area contributed by atoms with Crippen LogP contribution in [0.3, 0.4) is 0 Å². The molecular weight excluding hydrogens is 174 g/mol. The van der Waals surface area contributed by atoms with E-state index in [1.807, 2.05) is 39.0 Å². The normalized spacial score (nSPS) is 11.9. The molecule has 74 valence electrons. The Balaban J connectivity index is 2.96. The van der Waals surface area contributed by atoms with E-state index in [0.717, 1.165) is 16.9 Å². The van der Waals surface area contributed by atoms with Crippen molar-refractivity contribution in [1.82, 2.24) is 0 Å². The van der Waals surface area contributed by atoms with Gasteiger partial charge in [0.25, 0.3) is 0 Å². The van der Waals surface area contributed by atoms with Gasteiger partial charge < -0.3 is 4.74 Å². The summed E-state index contributed by atoms with van der Waals surface area (Å²) in [4.78, 5) is 0. The average Bonchev–Trinajstić information content (AvgIpc) is 2.17. The fraction of sp³-hybridized carbons (Fsp3) is 0.417. The van der Waals surface area contributed by atoms with Crippen LogP contribution in [-0.2, 0) is 0 Å². The minimum absolute atomic E-state index is 0.0503. The lowest BCUT2D eigenvalue weighted by molar-refractivity contribution is 0.340. The van der Waals surface area contributed by atoms with Crippen LogP contribution in [0.2, 0.25) is 0 Å². The molecule has 0 aliphatic rings. The summed E-state index contributed by atoms with van der Waals surface area (Å²) in [5.74, 6) is 0.824. The van der Waals surface area contributed by atoms with Gasteiger partial charge >= 0.3 is 0 Å². The number of ether oxygens (including phenoxy) is 1. The summed E-state index contributed by atoms with van der Waals surface area (Å²) in [7, 11) is 0. The van der Waals surface area contributed by atoms with E-state index in [1.165, 1.54) is 0 Å². The predicted molar refractivity (Wildman–Crippen MR) is 56.4 cm³/mol. The summed E-state index contributed by atoms with van der Waals surface area (Å²) in [6.07, 6.45) is 0. The molecule has 1 aromatic carbocycles. The Morgan fingerprint density at radius 1 is 1.50 bits per heavy atom. The molecule has 0 saturated carbocycles.